The Morgan fingerprint density at radius 1 is 1.42 bits per heavy atom. The van der Waals surface area contributed by atoms with Gasteiger partial charge in [0.1, 0.15) is 0 Å². The molecule has 0 aliphatic carbocycles. The molecule has 1 unspecified atom stereocenters. The monoisotopic (exact) mass is 286 g/mol. The van der Waals surface area contributed by atoms with Crippen LogP contribution >= 0.6 is 0 Å². The van der Waals surface area contributed by atoms with E-state index in [1.54, 1.807) is 6.07 Å². The molecule has 1 fully saturated rings. The van der Waals surface area contributed by atoms with Gasteiger partial charge in [-0.2, -0.15) is 0 Å². The van der Waals surface area contributed by atoms with Crippen LogP contribution in [0.5, 0.6) is 0 Å². The van der Waals surface area contributed by atoms with Crippen LogP contribution in [0.3, 0.4) is 0 Å². The molecule has 0 radical (unpaired) electrons. The fourth-order valence-electron chi connectivity index (χ4n) is 1.73. The number of anilines is 1. The molecule has 1 saturated heterocycles. The molecule has 0 saturated carbocycles. The van der Waals surface area contributed by atoms with Gasteiger partial charge in [-0.05, 0) is 24.6 Å². The van der Waals surface area contributed by atoms with Gasteiger partial charge < -0.3 is 15.2 Å². The lowest BCUT2D eigenvalue weighted by molar-refractivity contribution is -0.0846. The third-order valence-corrected chi connectivity index (χ3v) is 4.37. The number of benzene rings is 1. The highest BCUT2D eigenvalue weighted by molar-refractivity contribution is 7.89. The van der Waals surface area contributed by atoms with Crippen LogP contribution in [0.25, 0.3) is 0 Å². The quantitative estimate of drug-likeness (QED) is 0.775. The van der Waals surface area contributed by atoms with E-state index in [2.05, 4.69) is 4.72 Å². The van der Waals surface area contributed by atoms with E-state index in [1.807, 2.05) is 6.92 Å². The van der Waals surface area contributed by atoms with Crippen LogP contribution in [-0.4, -0.2) is 40.9 Å². The average Bonchev–Trinajstić information content (AvgIpc) is 2.41. The second-order valence-corrected chi connectivity index (χ2v) is 6.20. The SMILES string of the molecule is Cc1ccc(S(=O)(=O)NCC2COCCO2)cc1N. The summed E-state index contributed by atoms with van der Waals surface area (Å²) in [7, 11) is -3.56. The van der Waals surface area contributed by atoms with Crippen molar-refractivity contribution in [3.63, 3.8) is 0 Å². The van der Waals surface area contributed by atoms with Gasteiger partial charge in [-0.15, -0.1) is 0 Å². The van der Waals surface area contributed by atoms with Crippen LogP contribution < -0.4 is 10.5 Å². The minimum absolute atomic E-state index is 0.160. The number of sulfonamides is 1. The number of hydrogen-bond acceptors (Lipinski definition) is 5. The standard InChI is InChI=1S/C12H18N2O4S/c1-9-2-3-11(6-12(9)13)19(15,16)14-7-10-8-17-4-5-18-10/h2-3,6,10,14H,4-5,7-8,13H2,1H3. The molecule has 1 aliphatic heterocycles. The van der Waals surface area contributed by atoms with Crippen molar-refractivity contribution < 1.29 is 17.9 Å². The maximum atomic E-state index is 12.1. The smallest absolute Gasteiger partial charge is 0.240 e. The first kappa shape index (κ1) is 14.3. The van der Waals surface area contributed by atoms with E-state index in [4.69, 9.17) is 15.2 Å². The molecule has 0 amide bonds. The van der Waals surface area contributed by atoms with Crippen LogP contribution in [-0.2, 0) is 19.5 Å². The minimum atomic E-state index is -3.56. The van der Waals surface area contributed by atoms with Gasteiger partial charge in [-0.1, -0.05) is 6.07 Å². The van der Waals surface area contributed by atoms with E-state index in [0.29, 0.717) is 25.5 Å². The molecule has 1 atom stereocenters. The van der Waals surface area contributed by atoms with Gasteiger partial charge in [0.2, 0.25) is 10.0 Å². The van der Waals surface area contributed by atoms with Crippen LogP contribution in [0.4, 0.5) is 5.69 Å². The molecule has 0 aromatic heterocycles. The van der Waals surface area contributed by atoms with Crippen molar-refractivity contribution in [2.24, 2.45) is 0 Å². The summed E-state index contributed by atoms with van der Waals surface area (Å²) >= 11 is 0. The molecule has 3 N–H and O–H groups in total. The lowest BCUT2D eigenvalue weighted by atomic mass is 10.2. The van der Waals surface area contributed by atoms with E-state index in [1.165, 1.54) is 12.1 Å². The Labute approximate surface area is 112 Å². The second kappa shape index (κ2) is 5.87. The van der Waals surface area contributed by atoms with Gasteiger partial charge in [-0.3, -0.25) is 0 Å². The number of nitrogens with two attached hydrogens (primary N) is 1. The van der Waals surface area contributed by atoms with Gasteiger partial charge >= 0.3 is 0 Å². The van der Waals surface area contributed by atoms with Crippen LogP contribution in [0.2, 0.25) is 0 Å². The molecule has 1 heterocycles. The van der Waals surface area contributed by atoms with E-state index in [0.717, 1.165) is 5.56 Å². The zero-order valence-corrected chi connectivity index (χ0v) is 11.6. The molecule has 2 rings (SSSR count). The van der Waals surface area contributed by atoms with Gasteiger partial charge in [-0.25, -0.2) is 13.1 Å². The van der Waals surface area contributed by atoms with Crippen LogP contribution in [0.15, 0.2) is 23.1 Å². The van der Waals surface area contributed by atoms with Gasteiger partial charge in [0.25, 0.3) is 0 Å². The maximum absolute atomic E-state index is 12.1. The molecular weight excluding hydrogens is 268 g/mol. The molecule has 106 valence electrons. The molecule has 0 bridgehead atoms. The number of nitrogen functional groups attached to an aromatic ring is 1. The van der Waals surface area contributed by atoms with Crippen LogP contribution in [0.1, 0.15) is 5.56 Å². The Hall–Kier alpha value is -1.15. The Morgan fingerprint density at radius 3 is 2.84 bits per heavy atom. The molecule has 6 nitrogen and oxygen atoms in total. The van der Waals surface area contributed by atoms with Crippen molar-refractivity contribution in [3.8, 4) is 0 Å². The molecule has 19 heavy (non-hydrogen) atoms. The Balaban J connectivity index is 2.02. The number of aryl methyl sites for hydroxylation is 1. The zero-order valence-electron chi connectivity index (χ0n) is 10.8. The van der Waals surface area contributed by atoms with Gasteiger partial charge in [0.15, 0.2) is 0 Å². The predicted molar refractivity (Wildman–Crippen MR) is 71.3 cm³/mol. The van der Waals surface area contributed by atoms with Crippen molar-refractivity contribution >= 4 is 15.7 Å². The summed E-state index contributed by atoms with van der Waals surface area (Å²) in [5, 5.41) is 0. The van der Waals surface area contributed by atoms with Gasteiger partial charge in [0.05, 0.1) is 30.8 Å². The van der Waals surface area contributed by atoms with Crippen molar-refractivity contribution in [1.82, 2.24) is 4.72 Å². The largest absolute Gasteiger partial charge is 0.398 e. The van der Waals surface area contributed by atoms with Crippen molar-refractivity contribution in [2.45, 2.75) is 17.9 Å². The molecule has 0 spiro atoms. The van der Waals surface area contributed by atoms with Crippen LogP contribution in [0, 0.1) is 6.92 Å². The normalized spacial score (nSPS) is 20.4. The lowest BCUT2D eigenvalue weighted by Gasteiger charge is -2.23. The van der Waals surface area contributed by atoms with Crippen molar-refractivity contribution in [3.05, 3.63) is 23.8 Å². The maximum Gasteiger partial charge on any atom is 0.240 e. The van der Waals surface area contributed by atoms with Gasteiger partial charge in [0, 0.05) is 12.2 Å². The van der Waals surface area contributed by atoms with E-state index >= 15 is 0 Å². The number of hydrogen-bond donors (Lipinski definition) is 2. The summed E-state index contributed by atoms with van der Waals surface area (Å²) in [4.78, 5) is 0.160. The Bertz CT molecular complexity index is 539. The molecule has 1 aromatic rings. The van der Waals surface area contributed by atoms with Crippen molar-refractivity contribution in [2.75, 3.05) is 32.1 Å². The minimum Gasteiger partial charge on any atom is -0.398 e. The fraction of sp³-hybridized carbons (Fsp3) is 0.500. The first-order valence-corrected chi connectivity index (χ1v) is 7.52. The molecule has 1 aromatic carbocycles. The molecule has 1 aliphatic rings. The second-order valence-electron chi connectivity index (χ2n) is 4.44. The summed E-state index contributed by atoms with van der Waals surface area (Å²) < 4.78 is 37.2. The summed E-state index contributed by atoms with van der Waals surface area (Å²) in [5.74, 6) is 0. The summed E-state index contributed by atoms with van der Waals surface area (Å²) in [6.07, 6.45) is -0.244. The summed E-state index contributed by atoms with van der Waals surface area (Å²) in [6, 6.07) is 4.67. The van der Waals surface area contributed by atoms with Crippen molar-refractivity contribution in [1.29, 1.82) is 0 Å². The summed E-state index contributed by atoms with van der Waals surface area (Å²) in [5.41, 5.74) is 7.03. The topological polar surface area (TPSA) is 90.7 Å². The summed E-state index contributed by atoms with van der Waals surface area (Å²) in [6.45, 7) is 3.46. The predicted octanol–water partition coefficient (Wildman–Crippen LogP) is 0.271. The average molecular weight is 286 g/mol. The Morgan fingerprint density at radius 2 is 2.21 bits per heavy atom. The zero-order chi connectivity index (χ0) is 13.9. The fourth-order valence-corrected chi connectivity index (χ4v) is 2.83. The first-order valence-electron chi connectivity index (χ1n) is 6.04. The number of nitrogens with one attached hydrogen (secondary N) is 1. The highest BCUT2D eigenvalue weighted by Gasteiger charge is 2.19. The highest BCUT2D eigenvalue weighted by atomic mass is 32.2. The number of ether oxygens (including phenoxy) is 2. The highest BCUT2D eigenvalue weighted by Crippen LogP contribution is 2.17. The number of rotatable bonds is 4. The van der Waals surface area contributed by atoms with E-state index in [-0.39, 0.29) is 17.5 Å². The third-order valence-electron chi connectivity index (χ3n) is 2.95. The van der Waals surface area contributed by atoms with E-state index in [9.17, 15) is 8.42 Å². The molecular formula is C12H18N2O4S. The third kappa shape index (κ3) is 3.66. The molecule has 7 heteroatoms. The Kier molecular flexibility index (Phi) is 4.41. The first-order chi connectivity index (χ1) is 8.99. The lowest BCUT2D eigenvalue weighted by Crippen LogP contribution is -2.39. The van der Waals surface area contributed by atoms with E-state index < -0.39 is 10.0 Å².